The van der Waals surface area contributed by atoms with Crippen LogP contribution in [0.3, 0.4) is 0 Å². The van der Waals surface area contributed by atoms with Crippen LogP contribution in [0.2, 0.25) is 0 Å². The molecule has 0 bridgehead atoms. The molecular weight excluding hydrogens is 286 g/mol. The zero-order chi connectivity index (χ0) is 12.3. The number of halogens is 1. The fourth-order valence-electron chi connectivity index (χ4n) is 1.99. The summed E-state index contributed by atoms with van der Waals surface area (Å²) in [5, 5.41) is 0. The number of carbonyl (C=O) groups excluding carboxylic acids is 1. The summed E-state index contributed by atoms with van der Waals surface area (Å²) in [6, 6.07) is 3.08. The summed E-state index contributed by atoms with van der Waals surface area (Å²) in [4.78, 5) is 23.1. The SMILES string of the molecule is O=C(Cn1cc(Br)ccc1=O)OC1CCCC1. The second-order valence-electron chi connectivity index (χ2n) is 4.21. The second-order valence-corrected chi connectivity index (χ2v) is 5.13. The van der Waals surface area contributed by atoms with Gasteiger partial charge in [-0.15, -0.1) is 0 Å². The number of hydrogen-bond acceptors (Lipinski definition) is 3. The first-order chi connectivity index (χ1) is 8.15. The summed E-state index contributed by atoms with van der Waals surface area (Å²) in [6.45, 7) is -0.0191. The van der Waals surface area contributed by atoms with Crippen LogP contribution in [0.25, 0.3) is 0 Å². The number of aromatic nitrogens is 1. The van der Waals surface area contributed by atoms with Gasteiger partial charge in [0.05, 0.1) is 0 Å². The normalized spacial score (nSPS) is 16.1. The van der Waals surface area contributed by atoms with Gasteiger partial charge in [-0.1, -0.05) is 0 Å². The smallest absolute Gasteiger partial charge is 0.326 e. The molecule has 92 valence electrons. The third-order valence-corrected chi connectivity index (χ3v) is 3.32. The van der Waals surface area contributed by atoms with E-state index in [-0.39, 0.29) is 24.2 Å². The van der Waals surface area contributed by atoms with Crippen LogP contribution in [0.5, 0.6) is 0 Å². The maximum absolute atomic E-state index is 11.6. The number of rotatable bonds is 3. The molecule has 1 fully saturated rings. The Kier molecular flexibility index (Phi) is 3.99. The first-order valence-corrected chi connectivity index (χ1v) is 6.50. The number of ether oxygens (including phenoxy) is 1. The van der Waals surface area contributed by atoms with Crippen LogP contribution < -0.4 is 5.56 Å². The van der Waals surface area contributed by atoms with E-state index in [9.17, 15) is 9.59 Å². The molecule has 1 aliphatic rings. The Bertz CT molecular complexity index is 463. The summed E-state index contributed by atoms with van der Waals surface area (Å²) in [6.07, 6.45) is 5.77. The molecular formula is C12H14BrNO3. The molecule has 0 spiro atoms. The van der Waals surface area contributed by atoms with E-state index in [1.165, 1.54) is 10.6 Å². The molecule has 5 heteroatoms. The van der Waals surface area contributed by atoms with E-state index in [4.69, 9.17) is 4.74 Å². The minimum atomic E-state index is -0.336. The number of esters is 1. The molecule has 0 saturated heterocycles. The molecule has 0 unspecified atom stereocenters. The van der Waals surface area contributed by atoms with E-state index in [0.29, 0.717) is 0 Å². The van der Waals surface area contributed by atoms with Gasteiger partial charge in [-0.3, -0.25) is 9.59 Å². The molecule has 2 rings (SSSR count). The first kappa shape index (κ1) is 12.4. The Balaban J connectivity index is 1.97. The molecule has 1 saturated carbocycles. The number of hydrogen-bond donors (Lipinski definition) is 0. The highest BCUT2D eigenvalue weighted by atomic mass is 79.9. The van der Waals surface area contributed by atoms with Gasteiger partial charge in [-0.25, -0.2) is 0 Å². The van der Waals surface area contributed by atoms with E-state index in [1.54, 1.807) is 12.3 Å². The summed E-state index contributed by atoms with van der Waals surface area (Å²) < 4.78 is 7.41. The fourth-order valence-corrected chi connectivity index (χ4v) is 2.37. The highest BCUT2D eigenvalue weighted by molar-refractivity contribution is 9.10. The van der Waals surface area contributed by atoms with Gasteiger partial charge in [0.25, 0.3) is 5.56 Å². The van der Waals surface area contributed by atoms with Crippen molar-refractivity contribution in [1.29, 1.82) is 0 Å². The van der Waals surface area contributed by atoms with Gasteiger partial charge in [0.2, 0.25) is 0 Å². The van der Waals surface area contributed by atoms with Crippen molar-refractivity contribution in [2.24, 2.45) is 0 Å². The third kappa shape index (κ3) is 3.43. The largest absolute Gasteiger partial charge is 0.461 e. The highest BCUT2D eigenvalue weighted by Gasteiger charge is 2.19. The van der Waals surface area contributed by atoms with E-state index >= 15 is 0 Å². The lowest BCUT2D eigenvalue weighted by Gasteiger charge is -2.12. The van der Waals surface area contributed by atoms with Crippen molar-refractivity contribution in [1.82, 2.24) is 4.57 Å². The van der Waals surface area contributed by atoms with E-state index in [0.717, 1.165) is 30.2 Å². The third-order valence-electron chi connectivity index (χ3n) is 2.85. The molecule has 1 aromatic heterocycles. The quantitative estimate of drug-likeness (QED) is 0.803. The molecule has 0 N–H and O–H groups in total. The van der Waals surface area contributed by atoms with Crippen LogP contribution in [0.1, 0.15) is 25.7 Å². The zero-order valence-electron chi connectivity index (χ0n) is 9.39. The number of carbonyl (C=O) groups is 1. The average Bonchev–Trinajstić information content (AvgIpc) is 2.76. The van der Waals surface area contributed by atoms with Crippen molar-refractivity contribution in [2.75, 3.05) is 0 Å². The van der Waals surface area contributed by atoms with Crippen LogP contribution in [-0.4, -0.2) is 16.6 Å². The van der Waals surface area contributed by atoms with Gasteiger partial charge in [0, 0.05) is 16.7 Å². The number of nitrogens with zero attached hydrogens (tertiary/aromatic N) is 1. The van der Waals surface area contributed by atoms with Crippen molar-refractivity contribution in [3.05, 3.63) is 33.2 Å². The Labute approximate surface area is 108 Å². The highest BCUT2D eigenvalue weighted by Crippen LogP contribution is 2.21. The Hall–Kier alpha value is -1.10. The lowest BCUT2D eigenvalue weighted by Crippen LogP contribution is -2.26. The van der Waals surface area contributed by atoms with Gasteiger partial charge in [0.15, 0.2) is 0 Å². The monoisotopic (exact) mass is 299 g/mol. The zero-order valence-corrected chi connectivity index (χ0v) is 11.0. The number of pyridine rings is 1. The van der Waals surface area contributed by atoms with Crippen molar-refractivity contribution in [3.8, 4) is 0 Å². The summed E-state index contributed by atoms with van der Waals surface area (Å²) in [5.41, 5.74) is -0.198. The van der Waals surface area contributed by atoms with Gasteiger partial charge in [-0.2, -0.15) is 0 Å². The van der Waals surface area contributed by atoms with Crippen molar-refractivity contribution in [2.45, 2.75) is 38.3 Å². The summed E-state index contributed by atoms with van der Waals surface area (Å²) in [5.74, 6) is -0.336. The van der Waals surface area contributed by atoms with Crippen molar-refractivity contribution < 1.29 is 9.53 Å². The predicted molar refractivity (Wildman–Crippen MR) is 66.8 cm³/mol. The van der Waals surface area contributed by atoms with Crippen LogP contribution in [-0.2, 0) is 16.1 Å². The summed E-state index contributed by atoms with van der Waals surface area (Å²) in [7, 11) is 0. The molecule has 0 radical (unpaired) electrons. The van der Waals surface area contributed by atoms with Gasteiger partial charge in [-0.05, 0) is 47.7 Å². The van der Waals surface area contributed by atoms with Gasteiger partial charge >= 0.3 is 5.97 Å². The molecule has 1 aliphatic carbocycles. The lowest BCUT2D eigenvalue weighted by molar-refractivity contribution is -0.149. The van der Waals surface area contributed by atoms with Crippen LogP contribution in [0.4, 0.5) is 0 Å². The van der Waals surface area contributed by atoms with Gasteiger partial charge < -0.3 is 9.30 Å². The van der Waals surface area contributed by atoms with E-state index in [2.05, 4.69) is 15.9 Å². The molecule has 4 nitrogen and oxygen atoms in total. The van der Waals surface area contributed by atoms with E-state index in [1.807, 2.05) is 0 Å². The van der Waals surface area contributed by atoms with Crippen molar-refractivity contribution in [3.63, 3.8) is 0 Å². The van der Waals surface area contributed by atoms with E-state index < -0.39 is 0 Å². The standard InChI is InChI=1S/C12H14BrNO3/c13-9-5-6-11(15)14(7-9)8-12(16)17-10-3-1-2-4-10/h5-7,10H,1-4,8H2. The maximum atomic E-state index is 11.6. The average molecular weight is 300 g/mol. The van der Waals surface area contributed by atoms with Gasteiger partial charge in [0.1, 0.15) is 12.6 Å². The fraction of sp³-hybridized carbons (Fsp3) is 0.500. The van der Waals surface area contributed by atoms with Crippen LogP contribution >= 0.6 is 15.9 Å². The first-order valence-electron chi connectivity index (χ1n) is 5.70. The topological polar surface area (TPSA) is 48.3 Å². The minimum absolute atomic E-state index is 0.0191. The minimum Gasteiger partial charge on any atom is -0.461 e. The molecule has 0 aliphatic heterocycles. The molecule has 0 atom stereocenters. The van der Waals surface area contributed by atoms with Crippen molar-refractivity contribution >= 4 is 21.9 Å². The molecule has 1 aromatic rings. The summed E-state index contributed by atoms with van der Waals surface area (Å²) >= 11 is 3.26. The molecule has 17 heavy (non-hydrogen) atoms. The molecule has 0 amide bonds. The van der Waals surface area contributed by atoms with Crippen LogP contribution in [0.15, 0.2) is 27.6 Å². The lowest BCUT2D eigenvalue weighted by atomic mass is 10.3. The molecule has 0 aromatic carbocycles. The Morgan fingerprint density at radius 1 is 1.41 bits per heavy atom. The Morgan fingerprint density at radius 3 is 2.82 bits per heavy atom. The maximum Gasteiger partial charge on any atom is 0.326 e. The molecule has 1 heterocycles. The predicted octanol–water partition coefficient (Wildman–Crippen LogP) is 2.10. The van der Waals surface area contributed by atoms with Crippen LogP contribution in [0, 0.1) is 0 Å². The second kappa shape index (κ2) is 5.49. The Morgan fingerprint density at radius 2 is 2.12 bits per heavy atom.